The van der Waals surface area contributed by atoms with Crippen molar-refractivity contribution in [3.8, 4) is 6.07 Å². The van der Waals surface area contributed by atoms with Gasteiger partial charge in [0.15, 0.2) is 0 Å². The zero-order valence-corrected chi connectivity index (χ0v) is 15.0. The molecule has 0 unspecified atom stereocenters. The maximum atomic E-state index is 12.0. The van der Waals surface area contributed by atoms with E-state index in [1.54, 1.807) is 55.5 Å². The van der Waals surface area contributed by atoms with Gasteiger partial charge in [-0.1, -0.05) is 18.2 Å². The summed E-state index contributed by atoms with van der Waals surface area (Å²) in [4.78, 5) is 24.0. The molecule has 0 radical (unpaired) electrons. The monoisotopic (exact) mass is 398 g/mol. The minimum Gasteiger partial charge on any atom is -0.326 e. The van der Waals surface area contributed by atoms with Gasteiger partial charge in [0, 0.05) is 15.9 Å². The Labute approximate surface area is 153 Å². The maximum absolute atomic E-state index is 12.0. The van der Waals surface area contributed by atoms with E-state index in [0.29, 0.717) is 27.0 Å². The number of hydrazone groups is 1. The molecule has 126 valence electrons. The number of nitriles is 1. The molecule has 25 heavy (non-hydrogen) atoms. The van der Waals surface area contributed by atoms with Gasteiger partial charge in [-0.25, -0.2) is 5.43 Å². The summed E-state index contributed by atoms with van der Waals surface area (Å²) in [6, 6.07) is 15.6. The van der Waals surface area contributed by atoms with Crippen LogP contribution < -0.4 is 10.7 Å². The van der Waals surface area contributed by atoms with Crippen LogP contribution in [0.25, 0.3) is 0 Å². The van der Waals surface area contributed by atoms with Crippen LogP contribution in [0.4, 0.5) is 5.69 Å². The summed E-state index contributed by atoms with van der Waals surface area (Å²) in [5.41, 5.74) is 4.33. The van der Waals surface area contributed by atoms with Crippen molar-refractivity contribution < 1.29 is 9.59 Å². The highest BCUT2D eigenvalue weighted by Gasteiger charge is 2.09. The number of nitrogens with one attached hydrogen (secondary N) is 2. The Morgan fingerprint density at radius 1 is 1.20 bits per heavy atom. The fourth-order valence-electron chi connectivity index (χ4n) is 2.00. The van der Waals surface area contributed by atoms with E-state index >= 15 is 0 Å². The van der Waals surface area contributed by atoms with Crippen LogP contribution in [-0.2, 0) is 4.79 Å². The van der Waals surface area contributed by atoms with E-state index in [0.717, 1.165) is 0 Å². The molecule has 0 aliphatic carbocycles. The normalized spacial score (nSPS) is 10.7. The molecule has 0 aliphatic heterocycles. The molecule has 0 spiro atoms. The SMILES string of the molecule is CC(CC(=O)Nc1cccc(C#N)c1)=NNC(=O)c1ccccc1Br. The van der Waals surface area contributed by atoms with Gasteiger partial charge in [-0.05, 0) is 53.2 Å². The Morgan fingerprint density at radius 2 is 1.96 bits per heavy atom. The molecule has 0 fully saturated rings. The highest BCUT2D eigenvalue weighted by Crippen LogP contribution is 2.15. The van der Waals surface area contributed by atoms with E-state index in [9.17, 15) is 9.59 Å². The van der Waals surface area contributed by atoms with Crippen LogP contribution in [0, 0.1) is 11.3 Å². The predicted octanol–water partition coefficient (Wildman–Crippen LogP) is 3.46. The van der Waals surface area contributed by atoms with Crippen molar-refractivity contribution in [1.29, 1.82) is 5.26 Å². The second kappa shape index (κ2) is 8.76. The van der Waals surface area contributed by atoms with Gasteiger partial charge >= 0.3 is 0 Å². The van der Waals surface area contributed by atoms with Gasteiger partial charge < -0.3 is 5.32 Å². The van der Waals surface area contributed by atoms with E-state index in [1.165, 1.54) is 0 Å². The topological polar surface area (TPSA) is 94.3 Å². The van der Waals surface area contributed by atoms with Crippen LogP contribution in [0.3, 0.4) is 0 Å². The second-order valence-corrected chi connectivity index (χ2v) is 6.04. The van der Waals surface area contributed by atoms with Crippen LogP contribution in [0.1, 0.15) is 29.3 Å². The summed E-state index contributed by atoms with van der Waals surface area (Å²) in [5, 5.41) is 15.5. The van der Waals surface area contributed by atoms with Crippen molar-refractivity contribution >= 4 is 39.1 Å². The molecule has 0 bridgehead atoms. The lowest BCUT2D eigenvalue weighted by atomic mass is 10.2. The van der Waals surface area contributed by atoms with E-state index in [-0.39, 0.29) is 18.2 Å². The average molecular weight is 399 g/mol. The zero-order valence-electron chi connectivity index (χ0n) is 13.4. The van der Waals surface area contributed by atoms with Gasteiger partial charge in [0.25, 0.3) is 5.91 Å². The molecule has 2 amide bonds. The molecule has 0 saturated heterocycles. The molecule has 0 saturated carbocycles. The van der Waals surface area contributed by atoms with E-state index in [2.05, 4.69) is 31.8 Å². The number of amides is 2. The van der Waals surface area contributed by atoms with Crippen LogP contribution in [-0.4, -0.2) is 17.5 Å². The predicted molar refractivity (Wildman–Crippen MR) is 99.1 cm³/mol. The lowest BCUT2D eigenvalue weighted by molar-refractivity contribution is -0.115. The average Bonchev–Trinajstić information content (AvgIpc) is 2.60. The van der Waals surface area contributed by atoms with Gasteiger partial charge in [0.05, 0.1) is 23.6 Å². The Balaban J connectivity index is 1.92. The quantitative estimate of drug-likeness (QED) is 0.596. The zero-order chi connectivity index (χ0) is 18.2. The van der Waals surface area contributed by atoms with Crippen molar-refractivity contribution in [1.82, 2.24) is 5.43 Å². The number of anilines is 1. The lowest BCUT2D eigenvalue weighted by Gasteiger charge is -2.06. The standard InChI is InChI=1S/C18H15BrN4O2/c1-12(22-23-18(25)15-7-2-3-8-16(15)19)9-17(24)21-14-6-4-5-13(10-14)11-20/h2-8,10H,9H2,1H3,(H,21,24)(H,23,25). The summed E-state index contributed by atoms with van der Waals surface area (Å²) >= 11 is 3.30. The highest BCUT2D eigenvalue weighted by atomic mass is 79.9. The molecule has 2 rings (SSSR count). The van der Waals surface area contributed by atoms with Crippen LogP contribution in [0.2, 0.25) is 0 Å². The Kier molecular flexibility index (Phi) is 6.43. The Bertz CT molecular complexity index is 871. The molecule has 6 nitrogen and oxygen atoms in total. The number of rotatable bonds is 5. The summed E-state index contributed by atoms with van der Waals surface area (Å²) in [6.07, 6.45) is 0.0209. The smallest absolute Gasteiger partial charge is 0.272 e. The molecule has 0 aliphatic rings. The number of carbonyl (C=O) groups excluding carboxylic acids is 2. The molecule has 2 aromatic rings. The largest absolute Gasteiger partial charge is 0.326 e. The van der Waals surface area contributed by atoms with Crippen molar-refractivity contribution in [2.24, 2.45) is 5.10 Å². The van der Waals surface area contributed by atoms with Crippen LogP contribution in [0.15, 0.2) is 58.1 Å². The minimum atomic E-state index is -0.367. The summed E-state index contributed by atoms with van der Waals surface area (Å²) in [7, 11) is 0. The molecule has 2 N–H and O–H groups in total. The summed E-state index contributed by atoms with van der Waals surface area (Å²) in [5.74, 6) is -0.652. The van der Waals surface area contributed by atoms with Gasteiger partial charge in [-0.15, -0.1) is 0 Å². The molecular formula is C18H15BrN4O2. The van der Waals surface area contributed by atoms with Gasteiger partial charge in [-0.3, -0.25) is 9.59 Å². The van der Waals surface area contributed by atoms with E-state index in [1.807, 2.05) is 6.07 Å². The number of benzene rings is 2. The number of hydrogen-bond donors (Lipinski definition) is 2. The number of carbonyl (C=O) groups is 2. The fraction of sp³-hybridized carbons (Fsp3) is 0.111. The first-order valence-corrected chi connectivity index (χ1v) is 8.17. The number of hydrogen-bond acceptors (Lipinski definition) is 4. The van der Waals surface area contributed by atoms with Crippen molar-refractivity contribution in [3.63, 3.8) is 0 Å². The van der Waals surface area contributed by atoms with E-state index < -0.39 is 0 Å². The Hall–Kier alpha value is -2.98. The summed E-state index contributed by atoms with van der Waals surface area (Å²) in [6.45, 7) is 1.64. The molecule has 0 heterocycles. The third kappa shape index (κ3) is 5.55. The summed E-state index contributed by atoms with van der Waals surface area (Å²) < 4.78 is 0.662. The van der Waals surface area contributed by atoms with Crippen LogP contribution in [0.5, 0.6) is 0 Å². The first-order chi connectivity index (χ1) is 12.0. The van der Waals surface area contributed by atoms with Crippen molar-refractivity contribution in [2.45, 2.75) is 13.3 Å². The molecule has 7 heteroatoms. The second-order valence-electron chi connectivity index (χ2n) is 5.19. The fourth-order valence-corrected chi connectivity index (χ4v) is 2.46. The van der Waals surface area contributed by atoms with Crippen molar-refractivity contribution in [2.75, 3.05) is 5.32 Å². The maximum Gasteiger partial charge on any atom is 0.272 e. The highest BCUT2D eigenvalue weighted by molar-refractivity contribution is 9.10. The third-order valence-electron chi connectivity index (χ3n) is 3.16. The number of halogens is 1. The number of nitrogens with zero attached hydrogens (tertiary/aromatic N) is 2. The van der Waals surface area contributed by atoms with Crippen LogP contribution >= 0.6 is 15.9 Å². The van der Waals surface area contributed by atoms with Gasteiger partial charge in [0.2, 0.25) is 5.91 Å². The third-order valence-corrected chi connectivity index (χ3v) is 3.85. The molecule has 0 atom stereocenters. The van der Waals surface area contributed by atoms with Crippen molar-refractivity contribution in [3.05, 3.63) is 64.1 Å². The molecular weight excluding hydrogens is 384 g/mol. The van der Waals surface area contributed by atoms with E-state index in [4.69, 9.17) is 5.26 Å². The first-order valence-electron chi connectivity index (χ1n) is 7.37. The van der Waals surface area contributed by atoms with Gasteiger partial charge in [0.1, 0.15) is 0 Å². The Morgan fingerprint density at radius 3 is 2.68 bits per heavy atom. The first kappa shape index (κ1) is 18.4. The molecule has 2 aromatic carbocycles. The minimum absolute atomic E-state index is 0.0209. The van der Waals surface area contributed by atoms with Gasteiger partial charge in [-0.2, -0.15) is 10.4 Å². The molecule has 0 aromatic heterocycles. The lowest BCUT2D eigenvalue weighted by Crippen LogP contribution is -2.21.